The fourth-order valence-corrected chi connectivity index (χ4v) is 10.4. The van der Waals surface area contributed by atoms with Crippen LogP contribution >= 0.6 is 11.3 Å². The molecule has 0 aliphatic rings. The van der Waals surface area contributed by atoms with Gasteiger partial charge in [-0.25, -0.2) is 0 Å². The SMILES string of the molecule is CCCC[C](CCCC)(CCCC)[Sn][c]1nn(C)c2ccsc12. The summed E-state index contributed by atoms with van der Waals surface area (Å²) < 4.78 is 5.76. The molecule has 4 heteroatoms. The Balaban J connectivity index is 2.27. The van der Waals surface area contributed by atoms with Gasteiger partial charge in [0.15, 0.2) is 0 Å². The summed E-state index contributed by atoms with van der Waals surface area (Å²) in [5, 5.41) is 7.20. The molecule has 2 heterocycles. The van der Waals surface area contributed by atoms with Crippen LogP contribution in [0.4, 0.5) is 0 Å². The molecule has 2 aromatic rings. The minimum absolute atomic E-state index is 0.636. The second-order valence-electron chi connectivity index (χ2n) is 6.82. The van der Waals surface area contributed by atoms with Crippen molar-refractivity contribution < 1.29 is 0 Å². The quantitative estimate of drug-likeness (QED) is 0.411. The summed E-state index contributed by atoms with van der Waals surface area (Å²) in [6, 6.07) is 2.24. The Labute approximate surface area is 156 Å². The van der Waals surface area contributed by atoms with Gasteiger partial charge in [-0.15, -0.1) is 0 Å². The van der Waals surface area contributed by atoms with Crippen molar-refractivity contribution in [3.63, 3.8) is 0 Å². The summed E-state index contributed by atoms with van der Waals surface area (Å²) in [5.74, 6) is 0. The van der Waals surface area contributed by atoms with Gasteiger partial charge in [0, 0.05) is 0 Å². The first kappa shape index (κ1) is 19.3. The molecule has 2 aromatic heterocycles. The number of unbranched alkanes of at least 4 members (excludes halogenated alkanes) is 3. The van der Waals surface area contributed by atoms with Crippen molar-refractivity contribution in [1.29, 1.82) is 0 Å². The van der Waals surface area contributed by atoms with Crippen molar-refractivity contribution in [2.75, 3.05) is 0 Å². The Hall–Kier alpha value is -0.0313. The van der Waals surface area contributed by atoms with Crippen LogP contribution in [0.3, 0.4) is 0 Å². The van der Waals surface area contributed by atoms with Crippen molar-refractivity contribution in [2.24, 2.45) is 7.05 Å². The van der Waals surface area contributed by atoms with Gasteiger partial charge in [0.1, 0.15) is 0 Å². The predicted octanol–water partition coefficient (Wildman–Crippen LogP) is 5.69. The first-order valence-corrected chi connectivity index (χ1v) is 13.1. The molecule has 2 radical (unpaired) electrons. The number of rotatable bonds is 11. The van der Waals surface area contributed by atoms with E-state index in [1.54, 1.807) is 0 Å². The molecule has 0 aliphatic carbocycles. The summed E-state index contributed by atoms with van der Waals surface area (Å²) in [4.78, 5) is 0. The van der Waals surface area contributed by atoms with Crippen LogP contribution in [0.15, 0.2) is 11.4 Å². The van der Waals surface area contributed by atoms with Crippen LogP contribution in [0.25, 0.3) is 10.2 Å². The molecular formula is C19H32N2SSn. The first-order valence-electron chi connectivity index (χ1n) is 9.34. The van der Waals surface area contributed by atoms with E-state index in [1.807, 2.05) is 11.3 Å². The van der Waals surface area contributed by atoms with E-state index in [1.165, 1.54) is 71.7 Å². The molecule has 0 bridgehead atoms. The molecule has 0 aromatic carbocycles. The zero-order valence-electron chi connectivity index (χ0n) is 15.3. The number of aromatic nitrogens is 2. The molecule has 128 valence electrons. The summed E-state index contributed by atoms with van der Waals surface area (Å²) in [6.07, 6.45) is 12.5. The van der Waals surface area contributed by atoms with Crippen molar-refractivity contribution in [1.82, 2.24) is 9.78 Å². The van der Waals surface area contributed by atoms with Crippen LogP contribution < -0.4 is 3.71 Å². The van der Waals surface area contributed by atoms with Crippen LogP contribution in [-0.2, 0) is 7.05 Å². The minimum atomic E-state index is -0.701. The van der Waals surface area contributed by atoms with E-state index in [2.05, 4.69) is 43.9 Å². The van der Waals surface area contributed by atoms with Crippen molar-refractivity contribution in [3.8, 4) is 0 Å². The Morgan fingerprint density at radius 1 is 1.04 bits per heavy atom. The molecule has 2 rings (SSSR count). The standard InChI is InChI=1S/C13H27.C6H5N2S.Sn/c1-4-7-10-13(11-8-5-2)12-9-6-3;1-8-5-2-3-9-6(5)4-7-8;/h4-12H2,1-3H3;2-3H,1H3;. The summed E-state index contributed by atoms with van der Waals surface area (Å²) >= 11 is 1.20. The molecule has 2 nitrogen and oxygen atoms in total. The predicted molar refractivity (Wildman–Crippen MR) is 105 cm³/mol. The summed E-state index contributed by atoms with van der Waals surface area (Å²) in [7, 11) is 2.11. The summed E-state index contributed by atoms with van der Waals surface area (Å²) in [5.41, 5.74) is 1.35. The Kier molecular flexibility index (Phi) is 7.93. The van der Waals surface area contributed by atoms with Crippen LogP contribution in [0, 0.1) is 0 Å². The number of nitrogens with zero attached hydrogens (tertiary/aromatic N) is 2. The normalized spacial score (nSPS) is 12.3. The molecule has 0 N–H and O–H groups in total. The molecule has 0 saturated heterocycles. The molecule has 0 fully saturated rings. The molecule has 0 spiro atoms. The molecule has 0 saturated carbocycles. The second kappa shape index (κ2) is 9.45. The van der Waals surface area contributed by atoms with Crippen LogP contribution in [-0.4, -0.2) is 30.9 Å². The van der Waals surface area contributed by atoms with E-state index in [9.17, 15) is 0 Å². The van der Waals surface area contributed by atoms with E-state index in [-0.39, 0.29) is 0 Å². The van der Waals surface area contributed by atoms with Gasteiger partial charge < -0.3 is 0 Å². The van der Waals surface area contributed by atoms with Gasteiger partial charge in [-0.3, -0.25) is 0 Å². The third kappa shape index (κ3) is 4.97. The average molecular weight is 439 g/mol. The van der Waals surface area contributed by atoms with Gasteiger partial charge in [-0.1, -0.05) is 0 Å². The maximum absolute atomic E-state index is 4.96. The Bertz CT molecular complexity index is 565. The van der Waals surface area contributed by atoms with Gasteiger partial charge in [0.25, 0.3) is 0 Å². The number of fused-ring (bicyclic) bond motifs is 1. The maximum atomic E-state index is 4.96. The topological polar surface area (TPSA) is 17.8 Å². The van der Waals surface area contributed by atoms with Crippen LogP contribution in [0.5, 0.6) is 0 Å². The van der Waals surface area contributed by atoms with Gasteiger partial charge >= 0.3 is 157 Å². The monoisotopic (exact) mass is 440 g/mol. The van der Waals surface area contributed by atoms with Crippen molar-refractivity contribution >= 4 is 46.4 Å². The van der Waals surface area contributed by atoms with Crippen LogP contribution in [0.2, 0.25) is 3.43 Å². The van der Waals surface area contributed by atoms with E-state index in [4.69, 9.17) is 5.10 Å². The van der Waals surface area contributed by atoms with Gasteiger partial charge in [-0.05, 0) is 0 Å². The number of hydrogen-bond donors (Lipinski definition) is 0. The third-order valence-corrected chi connectivity index (χ3v) is 11.6. The molecule has 0 amide bonds. The summed E-state index contributed by atoms with van der Waals surface area (Å²) in [6.45, 7) is 7.02. The zero-order valence-corrected chi connectivity index (χ0v) is 19.0. The third-order valence-electron chi connectivity index (χ3n) is 4.87. The fourth-order valence-electron chi connectivity index (χ4n) is 3.42. The van der Waals surface area contributed by atoms with Gasteiger partial charge in [-0.2, -0.15) is 0 Å². The van der Waals surface area contributed by atoms with Crippen LogP contribution in [0.1, 0.15) is 78.6 Å². The van der Waals surface area contributed by atoms with Crippen molar-refractivity contribution in [2.45, 2.75) is 82.0 Å². The fraction of sp³-hybridized carbons (Fsp3) is 0.737. The van der Waals surface area contributed by atoms with Gasteiger partial charge in [0.05, 0.1) is 0 Å². The van der Waals surface area contributed by atoms with Gasteiger partial charge in [0.2, 0.25) is 0 Å². The van der Waals surface area contributed by atoms with Crippen molar-refractivity contribution in [3.05, 3.63) is 11.4 Å². The van der Waals surface area contributed by atoms with E-state index in [0.29, 0.717) is 3.43 Å². The average Bonchev–Trinajstić information content (AvgIpc) is 3.14. The number of hydrogen-bond acceptors (Lipinski definition) is 2. The molecule has 0 atom stereocenters. The molecular weight excluding hydrogens is 407 g/mol. The number of aryl methyl sites for hydroxylation is 1. The van der Waals surface area contributed by atoms with E-state index < -0.39 is 21.1 Å². The first-order chi connectivity index (χ1) is 11.2. The van der Waals surface area contributed by atoms with E-state index >= 15 is 0 Å². The second-order valence-corrected chi connectivity index (χ2v) is 12.8. The Morgan fingerprint density at radius 2 is 1.61 bits per heavy atom. The molecule has 0 unspecified atom stereocenters. The van der Waals surface area contributed by atoms with E-state index in [0.717, 1.165) is 0 Å². The number of thiophene rings is 1. The molecule has 0 aliphatic heterocycles. The zero-order chi connectivity index (χ0) is 16.7. The molecule has 23 heavy (non-hydrogen) atoms. The Morgan fingerprint density at radius 3 is 2.13 bits per heavy atom.